The van der Waals surface area contributed by atoms with Gasteiger partial charge < -0.3 is 14.6 Å². The van der Waals surface area contributed by atoms with Crippen molar-refractivity contribution in [3.05, 3.63) is 167 Å². The van der Waals surface area contributed by atoms with Crippen molar-refractivity contribution < 1.29 is 97.7 Å². The maximum Gasteiger partial charge on any atom is 1.00 e. The average Bonchev–Trinajstić information content (AvgIpc) is 3.09. The van der Waals surface area contributed by atoms with Gasteiger partial charge in [-0.05, 0) is 67.4 Å². The van der Waals surface area contributed by atoms with Crippen LogP contribution in [-0.4, -0.2) is 30.8 Å². The van der Waals surface area contributed by atoms with Crippen LogP contribution in [0.15, 0.2) is 161 Å². The summed E-state index contributed by atoms with van der Waals surface area (Å²) < 4.78 is 4.93. The number of hydrogen-bond donors (Lipinski definition) is 0. The summed E-state index contributed by atoms with van der Waals surface area (Å²) in [5, 5.41) is 10.5. The molecule has 0 unspecified atom stereocenters. The van der Waals surface area contributed by atoms with Crippen molar-refractivity contribution in [2.24, 2.45) is 0 Å². The third-order valence-corrected chi connectivity index (χ3v) is 5.91. The van der Waals surface area contributed by atoms with Gasteiger partial charge in [-0.15, -0.1) is 13.0 Å². The van der Waals surface area contributed by atoms with E-state index < -0.39 is 5.97 Å². The van der Waals surface area contributed by atoms with Crippen LogP contribution < -0.4 is 64.2 Å². The minimum absolute atomic E-state index is 0. The van der Waals surface area contributed by atoms with Crippen molar-refractivity contribution in [1.29, 1.82) is 0 Å². The third kappa shape index (κ3) is 50.2. The summed E-state index contributed by atoms with van der Waals surface area (Å²) >= 11 is 0. The Bertz CT molecular complexity index is 1560. The molecule has 10 heteroatoms. The van der Waals surface area contributed by atoms with Crippen LogP contribution >= 0.6 is 0 Å². The van der Waals surface area contributed by atoms with E-state index in [4.69, 9.17) is 23.9 Å². The Balaban J connectivity index is -0.000000181. The number of carboxylic acid groups (broad SMARTS) is 1. The summed E-state index contributed by atoms with van der Waals surface area (Å²) in [7, 11) is 0. The van der Waals surface area contributed by atoms with Crippen LogP contribution in [0, 0.1) is 6.08 Å². The largest absolute Gasteiger partial charge is 1.00 e. The molecule has 0 aromatic rings. The molecule has 0 amide bonds. The van der Waals surface area contributed by atoms with Gasteiger partial charge >= 0.3 is 77.4 Å². The molecule has 280 valence electrons. The van der Waals surface area contributed by atoms with Crippen molar-refractivity contribution in [3.63, 3.8) is 0 Å². The Kier molecular flexibility index (Phi) is 54.1. The minimum atomic E-state index is -1.15. The fourth-order valence-electron chi connectivity index (χ4n) is 2.90. The monoisotopic (exact) mass is 756 g/mol. The molecule has 0 N–H and O–H groups in total. The minimum Gasteiger partial charge on any atom is -0.545 e. The summed E-state index contributed by atoms with van der Waals surface area (Å²) in [4.78, 5) is 54.4. The molecule has 0 aliphatic rings. The number of aliphatic carboxylic acids is 1. The van der Waals surface area contributed by atoms with Gasteiger partial charge in [-0.3, -0.25) is 6.08 Å². The summed E-state index contributed by atoms with van der Waals surface area (Å²) in [5.41, 5.74) is 6.65. The van der Waals surface area contributed by atoms with E-state index in [-0.39, 0.29) is 83.0 Å². The molecule has 0 aromatic heterocycles. The average molecular weight is 757 g/mol. The Morgan fingerprint density at radius 3 is 1.20 bits per heavy atom. The summed E-state index contributed by atoms with van der Waals surface area (Å²) in [6, 6.07) is 0. The van der Waals surface area contributed by atoms with Gasteiger partial charge in [0.25, 0.3) is 0 Å². The second-order valence-corrected chi connectivity index (χ2v) is 10.5. The van der Waals surface area contributed by atoms with E-state index in [1.165, 1.54) is 24.1 Å². The number of rotatable bonds is 16. The second kappa shape index (κ2) is 47.1. The zero-order chi connectivity index (χ0) is 40.6. The van der Waals surface area contributed by atoms with E-state index in [0.29, 0.717) is 12.2 Å². The first kappa shape index (κ1) is 62.1. The first-order chi connectivity index (χ1) is 24.7. The molecule has 0 bridgehead atoms. The van der Waals surface area contributed by atoms with E-state index in [1.807, 2.05) is 107 Å². The molecular weight excluding hydrogens is 702 g/mol. The van der Waals surface area contributed by atoms with Crippen molar-refractivity contribution in [1.82, 2.24) is 0 Å². The quantitative estimate of drug-likeness (QED) is 0.0773. The van der Waals surface area contributed by atoms with Gasteiger partial charge in [0.1, 0.15) is 0 Å². The molecular formula is C44H54Na2O8. The van der Waals surface area contributed by atoms with Gasteiger partial charge in [-0.25, -0.2) is 16.9 Å². The molecule has 8 nitrogen and oxygen atoms in total. The zero-order valence-corrected chi connectivity index (χ0v) is 38.2. The maximum atomic E-state index is 11.5. The molecule has 0 radical (unpaired) electrons. The fraction of sp³-hybridized carbons (Fsp3) is 0.273. The third-order valence-electron chi connectivity index (χ3n) is 5.91. The normalized spacial score (nSPS) is 13.1. The Hall–Kier alpha value is -3.94. The number of allylic oxidation sites excluding steroid dienone is 26. The molecule has 0 heterocycles. The second-order valence-electron chi connectivity index (χ2n) is 10.5. The molecule has 0 aromatic carbocycles. The number of hydrogen-bond acceptors (Lipinski definition) is 8. The van der Waals surface area contributed by atoms with Gasteiger partial charge in [-0.1, -0.05) is 138 Å². The van der Waals surface area contributed by atoms with Crippen LogP contribution in [0.25, 0.3) is 0 Å². The number of carbonyl (C=O) groups is 2. The van der Waals surface area contributed by atoms with Crippen molar-refractivity contribution in [3.8, 4) is 0 Å². The van der Waals surface area contributed by atoms with Gasteiger partial charge in [0.2, 0.25) is 0 Å². The topological polar surface area (TPSA) is 135 Å². The van der Waals surface area contributed by atoms with Crippen LogP contribution in [0.2, 0.25) is 0 Å². The van der Waals surface area contributed by atoms with E-state index in [0.717, 1.165) is 23.1 Å². The van der Waals surface area contributed by atoms with Gasteiger partial charge in [0.05, 0.1) is 12.6 Å². The van der Waals surface area contributed by atoms with Gasteiger partial charge in [0, 0.05) is 5.57 Å². The molecule has 0 aliphatic carbocycles. The first-order valence-electron chi connectivity index (χ1n) is 16.3. The fourth-order valence-corrected chi connectivity index (χ4v) is 2.90. The number of esters is 1. The maximum absolute atomic E-state index is 11.5. The van der Waals surface area contributed by atoms with E-state index in [9.17, 15) is 14.7 Å². The van der Waals surface area contributed by atoms with Crippen molar-refractivity contribution in [2.45, 2.75) is 75.7 Å². The zero-order valence-electron chi connectivity index (χ0n) is 34.2. The van der Waals surface area contributed by atoms with Crippen LogP contribution in [0.1, 0.15) is 75.7 Å². The molecule has 54 heavy (non-hydrogen) atoms. The number of ether oxygens (including phenoxy) is 1. The predicted molar refractivity (Wildman–Crippen MR) is 207 cm³/mol. The van der Waals surface area contributed by atoms with Gasteiger partial charge in [0.15, 0.2) is 0 Å². The Morgan fingerprint density at radius 2 is 0.889 bits per heavy atom. The first-order valence-corrected chi connectivity index (χ1v) is 16.3. The number of carboxylic acids is 1. The van der Waals surface area contributed by atoms with Crippen molar-refractivity contribution in [2.75, 3.05) is 6.61 Å². The molecule has 0 aliphatic heterocycles. The summed E-state index contributed by atoms with van der Waals surface area (Å²) in [6.07, 6.45) is 43.3. The smallest absolute Gasteiger partial charge is 0.545 e. The standard InChI is InChI=1S/C23H32O2.C19H23O2.2CO2.2Na/c1-7-19(3)15-11-16-20(4)13-9-10-14-21(5)17-12-18-22(6)23(24)25-8-2;1-5-6-7-11-16(2)12-8-9-13-17(3)14-10-15-18(4)19(20)21;2*2-1-3;;/h9-18H,7-8H2,1-6H3;6-15H,1-4H3,(H,20,21);;;;/q;-1;;;2*+1/p-1/b10-9+,16-11+,17-12+,19-15+,20-13+,21-14+,22-18+;9-8+,11-7+,14-10+,16-12+,17-13+,18-15+;;;;. The molecule has 0 rings (SSSR count). The van der Waals surface area contributed by atoms with Crippen LogP contribution in [0.5, 0.6) is 0 Å². The Morgan fingerprint density at radius 1 is 0.556 bits per heavy atom. The van der Waals surface area contributed by atoms with Crippen molar-refractivity contribution >= 4 is 24.2 Å². The van der Waals surface area contributed by atoms with Crippen LogP contribution in [0.4, 0.5) is 0 Å². The van der Waals surface area contributed by atoms with Crippen LogP contribution in [0.3, 0.4) is 0 Å². The molecule has 0 saturated heterocycles. The van der Waals surface area contributed by atoms with Gasteiger partial charge in [-0.2, -0.15) is 19.2 Å². The van der Waals surface area contributed by atoms with E-state index in [1.54, 1.807) is 26.0 Å². The molecule has 0 atom stereocenters. The molecule has 0 spiro atoms. The number of carbonyl (C=O) groups excluding carboxylic acids is 6. The Labute approximate surface area is 367 Å². The van der Waals surface area contributed by atoms with E-state index >= 15 is 0 Å². The van der Waals surface area contributed by atoms with E-state index in [2.05, 4.69) is 51.2 Å². The summed E-state index contributed by atoms with van der Waals surface area (Å²) in [6.45, 7) is 19.7. The summed E-state index contributed by atoms with van der Waals surface area (Å²) in [5.74, 6) is -1.42. The molecule has 0 saturated carbocycles. The predicted octanol–water partition coefficient (Wildman–Crippen LogP) is 2.88. The molecule has 0 fully saturated rings. The van der Waals surface area contributed by atoms with Crippen LogP contribution in [-0.2, 0) is 33.5 Å². The SMILES string of the molecule is CCOC(=O)/C(C)=C/C=C/C(C)=C/C=C/C=C(C)/C=C/C=C(\C)CC.C[C-]=C/C=C/C(C)=C/C=C/C=C(C)/C=C/C=C(\C)C(=O)[O-].O=C=O.O=C=O.[Na+].[Na+].